The minimum atomic E-state index is -0.0565. The number of nitrogens with one attached hydrogen (secondary N) is 2. The Bertz CT molecular complexity index is 416. The van der Waals surface area contributed by atoms with Crippen LogP contribution in [0.25, 0.3) is 0 Å². The number of hydrogen-bond acceptors (Lipinski definition) is 1. The second-order valence-corrected chi connectivity index (χ2v) is 5.48. The third kappa shape index (κ3) is 4.75. The van der Waals surface area contributed by atoms with E-state index in [1.165, 1.54) is 19.3 Å². The van der Waals surface area contributed by atoms with Gasteiger partial charge in [0.25, 0.3) is 0 Å². The standard InChI is InChI=1S/C15H21ClN2O/c16-14-9-5-4-6-12(14)10-11-17-15(19)18-13-7-2-1-3-8-13/h4-6,9,13H,1-3,7-8,10-11H2,(H2,17,18,19). The van der Waals surface area contributed by atoms with Gasteiger partial charge in [-0.1, -0.05) is 49.1 Å². The van der Waals surface area contributed by atoms with Gasteiger partial charge in [-0.15, -0.1) is 0 Å². The quantitative estimate of drug-likeness (QED) is 0.871. The maximum atomic E-state index is 11.7. The number of amides is 2. The summed E-state index contributed by atoms with van der Waals surface area (Å²) in [6.07, 6.45) is 6.73. The number of benzene rings is 1. The minimum absolute atomic E-state index is 0.0565. The van der Waals surface area contributed by atoms with Gasteiger partial charge < -0.3 is 10.6 Å². The summed E-state index contributed by atoms with van der Waals surface area (Å²) in [7, 11) is 0. The van der Waals surface area contributed by atoms with Crippen molar-refractivity contribution in [3.8, 4) is 0 Å². The van der Waals surface area contributed by atoms with Crippen LogP contribution >= 0.6 is 11.6 Å². The fraction of sp³-hybridized carbons (Fsp3) is 0.533. The van der Waals surface area contributed by atoms with Gasteiger partial charge in [-0.2, -0.15) is 0 Å². The molecule has 104 valence electrons. The lowest BCUT2D eigenvalue weighted by Crippen LogP contribution is -2.43. The lowest BCUT2D eigenvalue weighted by atomic mass is 9.96. The predicted molar refractivity (Wildman–Crippen MR) is 78.6 cm³/mol. The molecule has 0 atom stereocenters. The highest BCUT2D eigenvalue weighted by atomic mass is 35.5. The highest BCUT2D eigenvalue weighted by Crippen LogP contribution is 2.17. The average Bonchev–Trinajstić information content (AvgIpc) is 2.42. The van der Waals surface area contributed by atoms with Gasteiger partial charge in [-0.05, 0) is 30.9 Å². The van der Waals surface area contributed by atoms with Gasteiger partial charge >= 0.3 is 6.03 Å². The summed E-state index contributed by atoms with van der Waals surface area (Å²) in [6, 6.07) is 8.04. The second kappa shape index (κ2) is 7.39. The number of halogens is 1. The summed E-state index contributed by atoms with van der Waals surface area (Å²) in [4.78, 5) is 11.7. The van der Waals surface area contributed by atoms with Crippen LogP contribution in [0.4, 0.5) is 4.79 Å². The second-order valence-electron chi connectivity index (χ2n) is 5.08. The summed E-state index contributed by atoms with van der Waals surface area (Å²) in [6.45, 7) is 0.613. The Morgan fingerprint density at radius 2 is 1.95 bits per heavy atom. The molecule has 1 aromatic carbocycles. The van der Waals surface area contributed by atoms with Crippen molar-refractivity contribution in [2.75, 3.05) is 6.54 Å². The van der Waals surface area contributed by atoms with E-state index >= 15 is 0 Å². The molecule has 1 aliphatic carbocycles. The molecule has 1 aromatic rings. The zero-order chi connectivity index (χ0) is 13.5. The zero-order valence-electron chi connectivity index (χ0n) is 11.1. The summed E-state index contributed by atoms with van der Waals surface area (Å²) in [5, 5.41) is 6.69. The molecule has 0 aliphatic heterocycles. The fourth-order valence-corrected chi connectivity index (χ4v) is 2.73. The Hall–Kier alpha value is -1.22. The van der Waals surface area contributed by atoms with Crippen LogP contribution in [0.5, 0.6) is 0 Å². The molecular formula is C15H21ClN2O. The molecule has 19 heavy (non-hydrogen) atoms. The van der Waals surface area contributed by atoms with Gasteiger partial charge in [0, 0.05) is 17.6 Å². The van der Waals surface area contributed by atoms with Crippen LogP contribution in [-0.4, -0.2) is 18.6 Å². The Labute approximate surface area is 119 Å². The van der Waals surface area contributed by atoms with Crippen LogP contribution in [0.3, 0.4) is 0 Å². The van der Waals surface area contributed by atoms with Gasteiger partial charge in [0.15, 0.2) is 0 Å². The van der Waals surface area contributed by atoms with Gasteiger partial charge in [0.1, 0.15) is 0 Å². The summed E-state index contributed by atoms with van der Waals surface area (Å²) in [5.74, 6) is 0. The highest BCUT2D eigenvalue weighted by Gasteiger charge is 2.15. The Kier molecular flexibility index (Phi) is 5.52. The smallest absolute Gasteiger partial charge is 0.315 e. The third-order valence-electron chi connectivity index (χ3n) is 3.58. The Balaban J connectivity index is 1.67. The van der Waals surface area contributed by atoms with Crippen LogP contribution in [0, 0.1) is 0 Å². The molecule has 1 aliphatic rings. The van der Waals surface area contributed by atoms with Gasteiger partial charge in [0.05, 0.1) is 0 Å². The van der Waals surface area contributed by atoms with Crippen molar-refractivity contribution in [3.05, 3.63) is 34.9 Å². The van der Waals surface area contributed by atoms with Gasteiger partial charge in [-0.25, -0.2) is 4.79 Å². The molecule has 0 unspecified atom stereocenters. The summed E-state index contributed by atoms with van der Waals surface area (Å²) < 4.78 is 0. The number of rotatable bonds is 4. The van der Waals surface area contributed by atoms with Gasteiger partial charge in [0.2, 0.25) is 0 Å². The molecule has 0 bridgehead atoms. The average molecular weight is 281 g/mol. The first kappa shape index (κ1) is 14.2. The van der Waals surface area contributed by atoms with Crippen molar-refractivity contribution in [3.63, 3.8) is 0 Å². The molecular weight excluding hydrogens is 260 g/mol. The Morgan fingerprint density at radius 1 is 1.21 bits per heavy atom. The topological polar surface area (TPSA) is 41.1 Å². The largest absolute Gasteiger partial charge is 0.338 e. The lowest BCUT2D eigenvalue weighted by molar-refractivity contribution is 0.233. The van der Waals surface area contributed by atoms with E-state index in [9.17, 15) is 4.79 Å². The minimum Gasteiger partial charge on any atom is -0.338 e. The number of carbonyl (C=O) groups is 1. The van der Waals surface area contributed by atoms with Crippen LogP contribution in [-0.2, 0) is 6.42 Å². The van der Waals surface area contributed by atoms with Crippen LogP contribution in [0.1, 0.15) is 37.7 Å². The molecule has 0 spiro atoms. The van der Waals surface area contributed by atoms with Crippen LogP contribution in [0.2, 0.25) is 5.02 Å². The SMILES string of the molecule is O=C(NCCc1ccccc1Cl)NC1CCCCC1. The number of carbonyl (C=O) groups excluding carboxylic acids is 1. The zero-order valence-corrected chi connectivity index (χ0v) is 11.9. The molecule has 1 fully saturated rings. The molecule has 2 amide bonds. The number of urea groups is 1. The van der Waals surface area contributed by atoms with Crippen LogP contribution < -0.4 is 10.6 Å². The van der Waals surface area contributed by atoms with E-state index in [-0.39, 0.29) is 6.03 Å². The van der Waals surface area contributed by atoms with E-state index in [4.69, 9.17) is 11.6 Å². The van der Waals surface area contributed by atoms with E-state index < -0.39 is 0 Å². The van der Waals surface area contributed by atoms with E-state index in [1.54, 1.807) is 0 Å². The molecule has 0 saturated heterocycles. The molecule has 2 rings (SSSR count). The maximum absolute atomic E-state index is 11.7. The first-order valence-corrected chi connectivity index (χ1v) is 7.41. The molecule has 0 heterocycles. The first-order chi connectivity index (χ1) is 9.25. The van der Waals surface area contributed by atoms with Crippen molar-refractivity contribution >= 4 is 17.6 Å². The molecule has 3 nitrogen and oxygen atoms in total. The lowest BCUT2D eigenvalue weighted by Gasteiger charge is -2.22. The maximum Gasteiger partial charge on any atom is 0.315 e. The van der Waals surface area contributed by atoms with Crippen LogP contribution in [0.15, 0.2) is 24.3 Å². The normalized spacial score (nSPS) is 16.1. The number of hydrogen-bond donors (Lipinski definition) is 2. The third-order valence-corrected chi connectivity index (χ3v) is 3.95. The van der Waals surface area contributed by atoms with Crippen molar-refractivity contribution in [2.45, 2.75) is 44.6 Å². The van der Waals surface area contributed by atoms with E-state index in [2.05, 4.69) is 10.6 Å². The highest BCUT2D eigenvalue weighted by molar-refractivity contribution is 6.31. The fourth-order valence-electron chi connectivity index (χ4n) is 2.50. The first-order valence-electron chi connectivity index (χ1n) is 7.03. The molecule has 2 N–H and O–H groups in total. The molecule has 0 radical (unpaired) electrons. The van der Waals surface area contributed by atoms with Crippen molar-refractivity contribution < 1.29 is 4.79 Å². The van der Waals surface area contributed by atoms with Gasteiger partial charge in [-0.3, -0.25) is 0 Å². The van der Waals surface area contributed by atoms with E-state index in [0.717, 1.165) is 29.8 Å². The Morgan fingerprint density at radius 3 is 2.68 bits per heavy atom. The predicted octanol–water partition coefficient (Wildman–Crippen LogP) is 3.51. The summed E-state index contributed by atoms with van der Waals surface area (Å²) in [5.41, 5.74) is 1.07. The molecule has 1 saturated carbocycles. The van der Waals surface area contributed by atoms with Crippen molar-refractivity contribution in [1.29, 1.82) is 0 Å². The molecule has 4 heteroatoms. The van der Waals surface area contributed by atoms with E-state index in [1.807, 2.05) is 24.3 Å². The summed E-state index contributed by atoms with van der Waals surface area (Å²) >= 11 is 6.07. The monoisotopic (exact) mass is 280 g/mol. The van der Waals surface area contributed by atoms with Crippen molar-refractivity contribution in [2.24, 2.45) is 0 Å². The van der Waals surface area contributed by atoms with Crippen molar-refractivity contribution in [1.82, 2.24) is 10.6 Å². The van der Waals surface area contributed by atoms with E-state index in [0.29, 0.717) is 12.6 Å². The molecule has 0 aromatic heterocycles.